The van der Waals surface area contributed by atoms with E-state index < -0.39 is 0 Å². The zero-order valence-electron chi connectivity index (χ0n) is 21.7. The van der Waals surface area contributed by atoms with Crippen molar-refractivity contribution in [1.29, 1.82) is 0 Å². The molecule has 1 heteroatoms. The zero-order chi connectivity index (χ0) is 26.0. The molecule has 0 amide bonds. The van der Waals surface area contributed by atoms with Crippen molar-refractivity contribution < 1.29 is 0 Å². The number of aromatic amines is 1. The molecule has 0 radical (unpaired) electrons. The van der Waals surface area contributed by atoms with Crippen LogP contribution in [0.1, 0.15) is 22.3 Å². The van der Waals surface area contributed by atoms with Crippen LogP contribution >= 0.6 is 0 Å². The van der Waals surface area contributed by atoms with Crippen molar-refractivity contribution in [3.05, 3.63) is 156 Å². The smallest absolute Gasteiger partial charge is 0.0731 e. The predicted octanol–water partition coefficient (Wildman–Crippen LogP) is 9.97. The molecule has 0 unspecified atom stereocenters. The molecule has 10 rings (SSSR count). The van der Waals surface area contributed by atoms with E-state index in [-0.39, 0.29) is 5.41 Å². The number of nitrogens with one attached hydrogen (secondary N) is 1. The fourth-order valence-electron chi connectivity index (χ4n) is 8.24. The summed E-state index contributed by atoms with van der Waals surface area (Å²) in [5, 5.41) is 7.93. The Labute approximate surface area is 231 Å². The molecule has 8 aromatic rings. The maximum Gasteiger partial charge on any atom is 0.0731 e. The standard InChI is InChI=1S/C39H23N/c1-2-14-26-25(13-1)35-29(21-22-34-37(35)28-16-6-10-20-33(28)40-34)38-36(26)27-15-5-9-19-32(27)39(38)30-17-7-3-11-23(30)24-12-4-8-18-31(24)39/h1-22,40H. The Bertz CT molecular complexity index is 2340. The van der Waals surface area contributed by atoms with Gasteiger partial charge in [-0.15, -0.1) is 0 Å². The van der Waals surface area contributed by atoms with E-state index in [9.17, 15) is 0 Å². The highest BCUT2D eigenvalue weighted by molar-refractivity contribution is 6.31. The average molecular weight is 506 g/mol. The minimum Gasteiger partial charge on any atom is -0.354 e. The van der Waals surface area contributed by atoms with Gasteiger partial charge in [-0.3, -0.25) is 0 Å². The normalized spacial score (nSPS) is 14.2. The Morgan fingerprint density at radius 2 is 0.925 bits per heavy atom. The second kappa shape index (κ2) is 7.08. The van der Waals surface area contributed by atoms with Crippen LogP contribution in [0.4, 0.5) is 0 Å². The molecule has 2 aliphatic rings. The van der Waals surface area contributed by atoms with Crippen LogP contribution in [0.2, 0.25) is 0 Å². The highest BCUT2D eigenvalue weighted by Gasteiger charge is 2.52. The molecule has 184 valence electrons. The van der Waals surface area contributed by atoms with Gasteiger partial charge >= 0.3 is 0 Å². The number of benzene rings is 7. The van der Waals surface area contributed by atoms with Crippen LogP contribution < -0.4 is 0 Å². The van der Waals surface area contributed by atoms with Crippen molar-refractivity contribution in [2.45, 2.75) is 5.41 Å². The molecule has 1 heterocycles. The van der Waals surface area contributed by atoms with Gasteiger partial charge in [-0.05, 0) is 78.2 Å². The molecule has 1 spiro atoms. The van der Waals surface area contributed by atoms with Crippen molar-refractivity contribution in [3.8, 4) is 22.3 Å². The van der Waals surface area contributed by atoms with Crippen LogP contribution in [0.5, 0.6) is 0 Å². The third kappa shape index (κ3) is 2.21. The van der Waals surface area contributed by atoms with E-state index in [0.717, 1.165) is 0 Å². The Morgan fingerprint density at radius 1 is 0.375 bits per heavy atom. The van der Waals surface area contributed by atoms with Crippen molar-refractivity contribution in [3.63, 3.8) is 0 Å². The van der Waals surface area contributed by atoms with Gasteiger partial charge in [0.05, 0.1) is 5.41 Å². The van der Waals surface area contributed by atoms with Gasteiger partial charge in [0, 0.05) is 21.8 Å². The van der Waals surface area contributed by atoms with Crippen LogP contribution in [0.15, 0.2) is 133 Å². The first-order chi connectivity index (χ1) is 19.9. The maximum atomic E-state index is 3.71. The molecule has 2 aliphatic carbocycles. The topological polar surface area (TPSA) is 15.8 Å². The van der Waals surface area contributed by atoms with Gasteiger partial charge < -0.3 is 4.98 Å². The second-order valence-corrected chi connectivity index (χ2v) is 11.3. The number of hydrogen-bond acceptors (Lipinski definition) is 0. The van der Waals surface area contributed by atoms with E-state index in [1.165, 1.54) is 87.9 Å². The van der Waals surface area contributed by atoms with Crippen LogP contribution in [0.25, 0.3) is 65.6 Å². The van der Waals surface area contributed by atoms with Gasteiger partial charge in [-0.2, -0.15) is 0 Å². The fraction of sp³-hybridized carbons (Fsp3) is 0.0256. The molecule has 1 nitrogen and oxygen atoms in total. The summed E-state index contributed by atoms with van der Waals surface area (Å²) in [5.41, 5.74) is 13.0. The van der Waals surface area contributed by atoms with Crippen LogP contribution in [0.3, 0.4) is 0 Å². The van der Waals surface area contributed by atoms with E-state index in [0.29, 0.717) is 0 Å². The minimum atomic E-state index is -0.374. The summed E-state index contributed by atoms with van der Waals surface area (Å²) in [5.74, 6) is 0. The van der Waals surface area contributed by atoms with Gasteiger partial charge in [-0.25, -0.2) is 0 Å². The zero-order valence-corrected chi connectivity index (χ0v) is 21.7. The quantitative estimate of drug-likeness (QED) is 0.197. The van der Waals surface area contributed by atoms with Crippen molar-refractivity contribution in [2.24, 2.45) is 0 Å². The summed E-state index contributed by atoms with van der Waals surface area (Å²) in [6, 6.07) is 49.8. The molecule has 0 saturated carbocycles. The van der Waals surface area contributed by atoms with E-state index in [4.69, 9.17) is 0 Å². The Morgan fingerprint density at radius 3 is 1.65 bits per heavy atom. The lowest BCUT2D eigenvalue weighted by atomic mass is 9.69. The summed E-state index contributed by atoms with van der Waals surface area (Å²) in [6.45, 7) is 0. The minimum absolute atomic E-state index is 0.374. The number of H-pyrrole nitrogens is 1. The Hall–Kier alpha value is -5.14. The molecular weight excluding hydrogens is 482 g/mol. The van der Waals surface area contributed by atoms with E-state index in [2.05, 4.69) is 138 Å². The lowest BCUT2D eigenvalue weighted by molar-refractivity contribution is 0.802. The van der Waals surface area contributed by atoms with Crippen molar-refractivity contribution >= 4 is 43.4 Å². The summed E-state index contributed by atoms with van der Waals surface area (Å²) in [4.78, 5) is 3.71. The first-order valence-electron chi connectivity index (χ1n) is 14.0. The van der Waals surface area contributed by atoms with Crippen molar-refractivity contribution in [2.75, 3.05) is 0 Å². The maximum absolute atomic E-state index is 3.71. The van der Waals surface area contributed by atoms with Gasteiger partial charge in [0.1, 0.15) is 0 Å². The molecule has 1 aromatic heterocycles. The van der Waals surface area contributed by atoms with E-state index in [1.807, 2.05) is 0 Å². The Balaban J connectivity index is 1.54. The molecule has 40 heavy (non-hydrogen) atoms. The molecule has 0 saturated heterocycles. The summed E-state index contributed by atoms with van der Waals surface area (Å²) >= 11 is 0. The lowest BCUT2D eigenvalue weighted by Gasteiger charge is -2.31. The molecule has 0 bridgehead atoms. The van der Waals surface area contributed by atoms with Gasteiger partial charge in [0.2, 0.25) is 0 Å². The molecule has 7 aromatic carbocycles. The van der Waals surface area contributed by atoms with E-state index in [1.54, 1.807) is 0 Å². The molecular formula is C39H23N. The summed E-state index contributed by atoms with van der Waals surface area (Å²) < 4.78 is 0. The highest BCUT2D eigenvalue weighted by atomic mass is 14.7. The fourth-order valence-corrected chi connectivity index (χ4v) is 8.24. The van der Waals surface area contributed by atoms with Crippen LogP contribution in [0, 0.1) is 0 Å². The number of aromatic nitrogens is 1. The van der Waals surface area contributed by atoms with Gasteiger partial charge in [-0.1, -0.05) is 121 Å². The number of hydrogen-bond donors (Lipinski definition) is 1. The number of fused-ring (bicyclic) bond motifs is 19. The lowest BCUT2D eigenvalue weighted by Crippen LogP contribution is -2.26. The third-order valence-electron chi connectivity index (χ3n) is 9.58. The number of rotatable bonds is 0. The molecule has 1 N–H and O–H groups in total. The highest BCUT2D eigenvalue weighted by Crippen LogP contribution is 2.65. The first kappa shape index (κ1) is 20.8. The average Bonchev–Trinajstić information content (AvgIpc) is 3.65. The van der Waals surface area contributed by atoms with Crippen molar-refractivity contribution in [1.82, 2.24) is 4.98 Å². The molecule has 0 atom stereocenters. The Kier molecular flexibility index (Phi) is 3.68. The van der Waals surface area contributed by atoms with Gasteiger partial charge in [0.15, 0.2) is 0 Å². The first-order valence-corrected chi connectivity index (χ1v) is 14.0. The summed E-state index contributed by atoms with van der Waals surface area (Å²) in [7, 11) is 0. The SMILES string of the molecule is c1ccc2c(c1)-c1ccccc1C21c2ccccc2-c2c1c1ccc3[nH]c4ccccc4c3c1c1ccccc21. The molecule has 0 fully saturated rings. The predicted molar refractivity (Wildman–Crippen MR) is 167 cm³/mol. The van der Waals surface area contributed by atoms with Gasteiger partial charge in [0.25, 0.3) is 0 Å². The number of para-hydroxylation sites is 1. The second-order valence-electron chi connectivity index (χ2n) is 11.3. The van der Waals surface area contributed by atoms with Crippen LogP contribution in [-0.2, 0) is 5.41 Å². The van der Waals surface area contributed by atoms with Crippen LogP contribution in [-0.4, -0.2) is 4.98 Å². The monoisotopic (exact) mass is 505 g/mol. The third-order valence-corrected chi connectivity index (χ3v) is 9.58. The molecule has 0 aliphatic heterocycles. The largest absolute Gasteiger partial charge is 0.354 e. The summed E-state index contributed by atoms with van der Waals surface area (Å²) in [6.07, 6.45) is 0. The van der Waals surface area contributed by atoms with E-state index >= 15 is 0 Å².